The van der Waals surface area contributed by atoms with Crippen molar-refractivity contribution in [1.82, 2.24) is 16.0 Å². The SMILES string of the molecule is NC1CC(=O)NCC(=O)NCCC(C(=O)O)NCC1=O. The smallest absolute Gasteiger partial charge is 0.320 e. The molecule has 0 spiro atoms. The van der Waals surface area contributed by atoms with E-state index in [0.29, 0.717) is 0 Å². The van der Waals surface area contributed by atoms with Crippen LogP contribution in [-0.4, -0.2) is 60.4 Å². The molecule has 0 saturated carbocycles. The fourth-order valence-corrected chi connectivity index (χ4v) is 1.65. The second-order valence-electron chi connectivity index (χ2n) is 4.46. The van der Waals surface area contributed by atoms with Crippen molar-refractivity contribution in [1.29, 1.82) is 0 Å². The van der Waals surface area contributed by atoms with Gasteiger partial charge in [0.05, 0.1) is 19.1 Å². The highest BCUT2D eigenvalue weighted by Crippen LogP contribution is 1.95. The van der Waals surface area contributed by atoms with Crippen LogP contribution < -0.4 is 21.7 Å². The highest BCUT2D eigenvalue weighted by atomic mass is 16.4. The summed E-state index contributed by atoms with van der Waals surface area (Å²) in [7, 11) is 0. The summed E-state index contributed by atoms with van der Waals surface area (Å²) in [6.07, 6.45) is -0.122. The van der Waals surface area contributed by atoms with E-state index in [1.165, 1.54) is 0 Å². The molecule has 1 aliphatic rings. The van der Waals surface area contributed by atoms with E-state index in [1.807, 2.05) is 0 Å². The minimum absolute atomic E-state index is 0.123. The number of Topliss-reactive ketones (excluding diaryl/α,β-unsaturated/α-hetero) is 1. The Morgan fingerprint density at radius 2 is 1.85 bits per heavy atom. The molecule has 9 nitrogen and oxygen atoms in total. The van der Waals surface area contributed by atoms with Crippen LogP contribution in [0.1, 0.15) is 12.8 Å². The molecule has 0 aromatic heterocycles. The van der Waals surface area contributed by atoms with Gasteiger partial charge in [-0.05, 0) is 6.42 Å². The first-order chi connectivity index (χ1) is 9.40. The lowest BCUT2D eigenvalue weighted by Gasteiger charge is -2.15. The van der Waals surface area contributed by atoms with Gasteiger partial charge in [-0.1, -0.05) is 0 Å². The van der Waals surface area contributed by atoms with E-state index in [-0.39, 0.29) is 32.5 Å². The number of aliphatic carboxylic acids is 1. The molecule has 1 rings (SSSR count). The summed E-state index contributed by atoms with van der Waals surface area (Å²) in [6, 6.07) is -1.99. The Kier molecular flexibility index (Phi) is 6.07. The number of carboxylic acids is 1. The number of carboxylic acid groups (broad SMARTS) is 1. The quantitative estimate of drug-likeness (QED) is 0.343. The van der Waals surface area contributed by atoms with Gasteiger partial charge in [-0.3, -0.25) is 24.5 Å². The van der Waals surface area contributed by atoms with E-state index in [0.717, 1.165) is 0 Å². The van der Waals surface area contributed by atoms with E-state index < -0.39 is 35.7 Å². The number of hydrogen-bond donors (Lipinski definition) is 5. The van der Waals surface area contributed by atoms with Crippen LogP contribution in [0.4, 0.5) is 0 Å². The van der Waals surface area contributed by atoms with E-state index in [9.17, 15) is 19.2 Å². The molecule has 0 aromatic rings. The maximum Gasteiger partial charge on any atom is 0.320 e. The summed E-state index contributed by atoms with van der Waals surface area (Å²) >= 11 is 0. The van der Waals surface area contributed by atoms with Gasteiger partial charge in [0.25, 0.3) is 0 Å². The molecule has 2 atom stereocenters. The predicted molar refractivity (Wildman–Crippen MR) is 67.7 cm³/mol. The fourth-order valence-electron chi connectivity index (χ4n) is 1.65. The summed E-state index contributed by atoms with van der Waals surface area (Å²) in [4.78, 5) is 45.4. The summed E-state index contributed by atoms with van der Waals surface area (Å²) in [5, 5.41) is 16.3. The Balaban J connectivity index is 2.71. The van der Waals surface area contributed by atoms with E-state index in [4.69, 9.17) is 10.8 Å². The molecule has 0 aliphatic carbocycles. The third-order valence-corrected chi connectivity index (χ3v) is 2.84. The van der Waals surface area contributed by atoms with E-state index in [1.54, 1.807) is 0 Å². The van der Waals surface area contributed by atoms with Crippen molar-refractivity contribution >= 4 is 23.6 Å². The minimum Gasteiger partial charge on any atom is -0.480 e. The Bertz CT molecular complexity index is 412. The van der Waals surface area contributed by atoms with Gasteiger partial charge >= 0.3 is 5.97 Å². The Hall–Kier alpha value is -2.00. The van der Waals surface area contributed by atoms with Crippen LogP contribution in [0.5, 0.6) is 0 Å². The van der Waals surface area contributed by atoms with Gasteiger partial charge in [0.15, 0.2) is 5.78 Å². The van der Waals surface area contributed by atoms with Gasteiger partial charge in [0.1, 0.15) is 6.04 Å². The number of carbonyl (C=O) groups is 4. The summed E-state index contributed by atoms with van der Waals surface area (Å²) in [5.74, 6) is -2.51. The lowest BCUT2D eigenvalue weighted by molar-refractivity contribution is -0.140. The van der Waals surface area contributed by atoms with Crippen LogP contribution in [0.15, 0.2) is 0 Å². The normalized spacial score (nSPS) is 26.6. The third kappa shape index (κ3) is 5.33. The average Bonchev–Trinajstić information content (AvgIpc) is 2.39. The number of carbonyl (C=O) groups excluding carboxylic acids is 3. The van der Waals surface area contributed by atoms with Crippen molar-refractivity contribution in [2.24, 2.45) is 5.73 Å². The zero-order valence-electron chi connectivity index (χ0n) is 10.8. The second-order valence-corrected chi connectivity index (χ2v) is 4.46. The number of nitrogens with two attached hydrogens (primary N) is 1. The van der Waals surface area contributed by atoms with Crippen molar-refractivity contribution in [2.45, 2.75) is 24.9 Å². The molecule has 0 radical (unpaired) electrons. The lowest BCUT2D eigenvalue weighted by Crippen LogP contribution is -2.46. The molecule has 112 valence electrons. The first kappa shape index (κ1) is 16.1. The zero-order valence-corrected chi connectivity index (χ0v) is 10.8. The highest BCUT2D eigenvalue weighted by Gasteiger charge is 2.22. The van der Waals surface area contributed by atoms with Crippen molar-refractivity contribution in [2.75, 3.05) is 19.6 Å². The molecule has 20 heavy (non-hydrogen) atoms. The topological polar surface area (TPSA) is 151 Å². The van der Waals surface area contributed by atoms with Crippen molar-refractivity contribution in [3.63, 3.8) is 0 Å². The molecule has 2 unspecified atom stereocenters. The van der Waals surface area contributed by atoms with Crippen molar-refractivity contribution < 1.29 is 24.3 Å². The van der Waals surface area contributed by atoms with Crippen LogP contribution >= 0.6 is 0 Å². The van der Waals surface area contributed by atoms with Crippen LogP contribution in [-0.2, 0) is 19.2 Å². The van der Waals surface area contributed by atoms with E-state index >= 15 is 0 Å². The molecular weight excluding hydrogens is 268 g/mol. The molecule has 6 N–H and O–H groups in total. The van der Waals surface area contributed by atoms with Crippen LogP contribution in [0.2, 0.25) is 0 Å². The van der Waals surface area contributed by atoms with Crippen LogP contribution in [0.3, 0.4) is 0 Å². The molecule has 1 heterocycles. The predicted octanol–water partition coefficient (Wildman–Crippen LogP) is -3.05. The number of ketones is 1. The van der Waals surface area contributed by atoms with Crippen molar-refractivity contribution in [3.8, 4) is 0 Å². The van der Waals surface area contributed by atoms with Gasteiger partial charge in [-0.15, -0.1) is 0 Å². The Labute approximate surface area is 115 Å². The number of hydrogen-bond acceptors (Lipinski definition) is 6. The fraction of sp³-hybridized carbons (Fsp3) is 0.636. The number of amides is 2. The van der Waals surface area contributed by atoms with Gasteiger partial charge < -0.3 is 21.5 Å². The molecule has 1 fully saturated rings. The monoisotopic (exact) mass is 286 g/mol. The van der Waals surface area contributed by atoms with Gasteiger partial charge in [-0.2, -0.15) is 0 Å². The Morgan fingerprint density at radius 3 is 2.50 bits per heavy atom. The maximum atomic E-state index is 11.7. The second kappa shape index (κ2) is 7.56. The van der Waals surface area contributed by atoms with E-state index in [2.05, 4.69) is 16.0 Å². The molecular formula is C11H18N4O5. The van der Waals surface area contributed by atoms with Gasteiger partial charge in [0.2, 0.25) is 11.8 Å². The van der Waals surface area contributed by atoms with Gasteiger partial charge in [-0.25, -0.2) is 0 Å². The highest BCUT2D eigenvalue weighted by molar-refractivity contribution is 5.92. The summed E-state index contributed by atoms with van der Waals surface area (Å²) in [5.41, 5.74) is 5.55. The summed E-state index contributed by atoms with van der Waals surface area (Å²) in [6.45, 7) is -0.344. The van der Waals surface area contributed by atoms with Crippen LogP contribution in [0, 0.1) is 0 Å². The molecule has 0 bridgehead atoms. The zero-order chi connectivity index (χ0) is 15.1. The van der Waals surface area contributed by atoms with Crippen LogP contribution in [0.25, 0.3) is 0 Å². The molecule has 0 aromatic carbocycles. The average molecular weight is 286 g/mol. The number of rotatable bonds is 1. The molecule has 2 amide bonds. The third-order valence-electron chi connectivity index (χ3n) is 2.84. The standard InChI is InChI=1S/C11H18N4O5/c12-6-3-9(17)15-5-10(18)13-2-1-7(11(19)20)14-4-8(6)16/h6-7,14H,1-5,12H2,(H,13,18)(H,15,17)(H,19,20). The minimum atomic E-state index is -1.12. The first-order valence-electron chi connectivity index (χ1n) is 6.18. The molecule has 1 saturated heterocycles. The molecule has 9 heteroatoms. The molecule has 1 aliphatic heterocycles. The first-order valence-corrected chi connectivity index (χ1v) is 6.18. The van der Waals surface area contributed by atoms with Crippen molar-refractivity contribution in [3.05, 3.63) is 0 Å². The maximum absolute atomic E-state index is 11.7. The number of nitrogens with one attached hydrogen (secondary N) is 3. The van der Waals surface area contributed by atoms with Gasteiger partial charge in [0, 0.05) is 13.0 Å². The lowest BCUT2D eigenvalue weighted by atomic mass is 10.1. The largest absolute Gasteiger partial charge is 0.480 e. The Morgan fingerprint density at radius 1 is 1.15 bits per heavy atom. The summed E-state index contributed by atoms with van der Waals surface area (Å²) < 4.78 is 0.